The summed E-state index contributed by atoms with van der Waals surface area (Å²) >= 11 is 5.52. The molecule has 16 heavy (non-hydrogen) atoms. The van der Waals surface area contributed by atoms with Gasteiger partial charge in [0.1, 0.15) is 0 Å². The highest BCUT2D eigenvalue weighted by Crippen LogP contribution is 2.36. The van der Waals surface area contributed by atoms with Gasteiger partial charge in [-0.1, -0.05) is 17.7 Å². The maximum absolute atomic E-state index is 12.6. The molecule has 1 aromatic carbocycles. The molecule has 1 atom stereocenters. The number of halogens is 4. The topological polar surface area (TPSA) is 21.3 Å². The molecule has 0 unspecified atom stereocenters. The van der Waals surface area contributed by atoms with Crippen LogP contribution in [0.2, 0.25) is 5.02 Å². The van der Waals surface area contributed by atoms with Crippen molar-refractivity contribution in [2.45, 2.75) is 18.6 Å². The van der Waals surface area contributed by atoms with Crippen LogP contribution in [0.25, 0.3) is 0 Å². The minimum absolute atomic E-state index is 0.196. The predicted molar refractivity (Wildman–Crippen MR) is 52.9 cm³/mol. The summed E-state index contributed by atoms with van der Waals surface area (Å²) in [5.74, 6) is 0. The molecule has 2 rings (SSSR count). The Morgan fingerprint density at radius 2 is 2.12 bits per heavy atom. The van der Waals surface area contributed by atoms with Gasteiger partial charge >= 0.3 is 6.18 Å². The molecule has 0 amide bonds. The molecule has 1 saturated heterocycles. The van der Waals surface area contributed by atoms with Crippen molar-refractivity contribution in [3.8, 4) is 0 Å². The van der Waals surface area contributed by atoms with Crippen LogP contribution < -0.4 is 5.48 Å². The molecule has 0 saturated carbocycles. The van der Waals surface area contributed by atoms with Crippen molar-refractivity contribution in [2.24, 2.45) is 0 Å². The first kappa shape index (κ1) is 11.7. The quantitative estimate of drug-likeness (QED) is 0.827. The summed E-state index contributed by atoms with van der Waals surface area (Å²) in [5, 5.41) is -0.282. The highest BCUT2D eigenvalue weighted by atomic mass is 35.5. The van der Waals surface area contributed by atoms with E-state index < -0.39 is 11.7 Å². The van der Waals surface area contributed by atoms with E-state index in [0.717, 1.165) is 6.07 Å². The zero-order chi connectivity index (χ0) is 11.8. The predicted octanol–water partition coefficient (Wildman–Crippen LogP) is 3.32. The van der Waals surface area contributed by atoms with Crippen LogP contribution in [0, 0.1) is 0 Å². The van der Waals surface area contributed by atoms with Crippen molar-refractivity contribution in [2.75, 3.05) is 6.61 Å². The summed E-state index contributed by atoms with van der Waals surface area (Å²) in [7, 11) is 0. The number of hydrogen-bond donors (Lipinski definition) is 1. The Labute approximate surface area is 95.3 Å². The molecule has 0 bridgehead atoms. The molecule has 1 aliphatic rings. The van der Waals surface area contributed by atoms with Crippen LogP contribution in [-0.4, -0.2) is 6.61 Å². The van der Waals surface area contributed by atoms with Gasteiger partial charge in [-0.2, -0.15) is 18.7 Å². The van der Waals surface area contributed by atoms with Crippen LogP contribution in [0.5, 0.6) is 0 Å². The van der Waals surface area contributed by atoms with E-state index in [9.17, 15) is 13.2 Å². The molecule has 1 aromatic rings. The maximum atomic E-state index is 12.6. The van der Waals surface area contributed by atoms with E-state index in [2.05, 4.69) is 5.48 Å². The molecule has 1 heterocycles. The lowest BCUT2D eigenvalue weighted by Gasteiger charge is -2.13. The zero-order valence-corrected chi connectivity index (χ0v) is 8.90. The van der Waals surface area contributed by atoms with Crippen molar-refractivity contribution in [3.05, 3.63) is 34.3 Å². The van der Waals surface area contributed by atoms with Crippen LogP contribution in [0.4, 0.5) is 13.2 Å². The van der Waals surface area contributed by atoms with Gasteiger partial charge in [0.25, 0.3) is 0 Å². The van der Waals surface area contributed by atoms with Crippen molar-refractivity contribution < 1.29 is 18.0 Å². The fourth-order valence-electron chi connectivity index (χ4n) is 1.61. The van der Waals surface area contributed by atoms with E-state index in [0.29, 0.717) is 18.6 Å². The molecule has 1 aliphatic heterocycles. The first-order valence-corrected chi connectivity index (χ1v) is 5.10. The van der Waals surface area contributed by atoms with E-state index in [1.165, 1.54) is 6.07 Å². The summed E-state index contributed by atoms with van der Waals surface area (Å²) in [5.41, 5.74) is 2.39. The highest BCUT2D eigenvalue weighted by molar-refractivity contribution is 6.31. The van der Waals surface area contributed by atoms with Gasteiger partial charge in [0, 0.05) is 0 Å². The molecule has 0 aromatic heterocycles. The summed E-state index contributed by atoms with van der Waals surface area (Å²) < 4.78 is 37.7. The fourth-order valence-corrected chi connectivity index (χ4v) is 1.83. The lowest BCUT2D eigenvalue weighted by molar-refractivity contribution is -0.137. The Morgan fingerprint density at radius 3 is 2.69 bits per heavy atom. The van der Waals surface area contributed by atoms with Crippen LogP contribution in [0.15, 0.2) is 18.2 Å². The van der Waals surface area contributed by atoms with Gasteiger partial charge in [-0.25, -0.2) is 0 Å². The molecule has 88 valence electrons. The van der Waals surface area contributed by atoms with Gasteiger partial charge in [0.15, 0.2) is 0 Å². The number of hydroxylamine groups is 1. The molecule has 0 radical (unpaired) electrons. The molecule has 1 fully saturated rings. The SMILES string of the molecule is FC(F)(F)c1cc([C@@H]2CCON2)ccc1Cl. The minimum atomic E-state index is -4.42. The number of hydrogen-bond acceptors (Lipinski definition) is 2. The number of alkyl halides is 3. The van der Waals surface area contributed by atoms with Crippen molar-refractivity contribution in [1.82, 2.24) is 5.48 Å². The average molecular weight is 252 g/mol. The monoisotopic (exact) mass is 251 g/mol. The van der Waals surface area contributed by atoms with E-state index in [1.807, 2.05) is 0 Å². The Kier molecular flexibility index (Phi) is 3.10. The van der Waals surface area contributed by atoms with E-state index in [-0.39, 0.29) is 11.1 Å². The van der Waals surface area contributed by atoms with Crippen LogP contribution in [-0.2, 0) is 11.0 Å². The smallest absolute Gasteiger partial charge is 0.301 e. The van der Waals surface area contributed by atoms with Gasteiger partial charge in [-0.3, -0.25) is 0 Å². The van der Waals surface area contributed by atoms with Crippen molar-refractivity contribution in [1.29, 1.82) is 0 Å². The number of nitrogens with one attached hydrogen (secondary N) is 1. The van der Waals surface area contributed by atoms with Crippen LogP contribution >= 0.6 is 11.6 Å². The second-order valence-electron chi connectivity index (χ2n) is 3.54. The van der Waals surface area contributed by atoms with Gasteiger partial charge < -0.3 is 4.84 Å². The second-order valence-corrected chi connectivity index (χ2v) is 3.95. The third kappa shape index (κ3) is 2.31. The molecule has 0 aliphatic carbocycles. The van der Waals surface area contributed by atoms with Crippen LogP contribution in [0.1, 0.15) is 23.6 Å². The molecular weight excluding hydrogens is 243 g/mol. The summed E-state index contributed by atoms with van der Waals surface area (Å²) in [6.45, 7) is 0.495. The fraction of sp³-hybridized carbons (Fsp3) is 0.400. The minimum Gasteiger partial charge on any atom is -0.301 e. The first-order valence-electron chi connectivity index (χ1n) is 4.72. The molecule has 1 N–H and O–H groups in total. The van der Waals surface area contributed by atoms with Gasteiger partial charge in [-0.15, -0.1) is 0 Å². The Balaban J connectivity index is 2.35. The summed E-state index contributed by atoms with van der Waals surface area (Å²) in [6.07, 6.45) is -3.77. The van der Waals surface area contributed by atoms with Crippen LogP contribution in [0.3, 0.4) is 0 Å². The lowest BCUT2D eigenvalue weighted by Crippen LogP contribution is -2.13. The van der Waals surface area contributed by atoms with Gasteiger partial charge in [0.2, 0.25) is 0 Å². The first-order chi connectivity index (χ1) is 7.48. The largest absolute Gasteiger partial charge is 0.417 e. The summed E-state index contributed by atoms with van der Waals surface area (Å²) in [6, 6.07) is 3.71. The average Bonchev–Trinajstić information content (AvgIpc) is 2.69. The normalized spacial score (nSPS) is 21.4. The Hall–Kier alpha value is -0.780. The molecular formula is C10H9ClF3NO. The van der Waals surface area contributed by atoms with Crippen molar-refractivity contribution in [3.63, 3.8) is 0 Å². The third-order valence-corrected chi connectivity index (χ3v) is 2.76. The highest BCUT2D eigenvalue weighted by Gasteiger charge is 2.34. The lowest BCUT2D eigenvalue weighted by atomic mass is 10.0. The summed E-state index contributed by atoms with van der Waals surface area (Å²) in [4.78, 5) is 4.90. The maximum Gasteiger partial charge on any atom is 0.417 e. The zero-order valence-electron chi connectivity index (χ0n) is 8.14. The Bertz CT molecular complexity index is 388. The molecule has 6 heteroatoms. The van der Waals surface area contributed by atoms with E-state index in [1.54, 1.807) is 6.07 Å². The van der Waals surface area contributed by atoms with Gasteiger partial charge in [-0.05, 0) is 24.1 Å². The van der Waals surface area contributed by atoms with Gasteiger partial charge in [0.05, 0.1) is 23.2 Å². The third-order valence-electron chi connectivity index (χ3n) is 2.43. The standard InChI is InChI=1S/C10H9ClF3NO/c11-8-2-1-6(9-3-4-16-15-9)5-7(8)10(12,13)14/h1-2,5,9,15H,3-4H2/t9-/m0/s1. The Morgan fingerprint density at radius 1 is 1.38 bits per heavy atom. The van der Waals surface area contributed by atoms with E-state index >= 15 is 0 Å². The molecule has 0 spiro atoms. The second kappa shape index (κ2) is 4.24. The van der Waals surface area contributed by atoms with Crippen molar-refractivity contribution >= 4 is 11.6 Å². The van der Waals surface area contributed by atoms with E-state index in [4.69, 9.17) is 16.4 Å². The molecule has 2 nitrogen and oxygen atoms in total. The number of benzene rings is 1. The number of rotatable bonds is 1.